The fraction of sp³-hybridized carbons (Fsp3) is 0.250. The van der Waals surface area contributed by atoms with Crippen LogP contribution in [0.25, 0.3) is 0 Å². The van der Waals surface area contributed by atoms with Gasteiger partial charge in [0.1, 0.15) is 0 Å². The molecule has 3 heteroatoms. The summed E-state index contributed by atoms with van der Waals surface area (Å²) < 4.78 is 1.01. The van der Waals surface area contributed by atoms with Crippen LogP contribution in [0, 0.1) is 0 Å². The smallest absolute Gasteiger partial charge is 0.0462 e. The summed E-state index contributed by atoms with van der Waals surface area (Å²) >= 11 is 9.61. The largest absolute Gasteiger partial charge is 0.312 e. The zero-order valence-electron chi connectivity index (χ0n) is 10.9. The third-order valence-electron chi connectivity index (χ3n) is 3.15. The van der Waals surface area contributed by atoms with Crippen molar-refractivity contribution in [3.05, 3.63) is 69.2 Å². The van der Waals surface area contributed by atoms with Crippen molar-refractivity contribution >= 4 is 27.5 Å². The lowest BCUT2D eigenvalue weighted by atomic mass is 10.0. The van der Waals surface area contributed by atoms with Gasteiger partial charge in [0, 0.05) is 22.6 Å². The number of hydrogen-bond acceptors (Lipinski definition) is 1. The van der Waals surface area contributed by atoms with Crippen molar-refractivity contribution in [3.8, 4) is 0 Å². The first-order chi connectivity index (χ1) is 9.16. The fourth-order valence-corrected chi connectivity index (χ4v) is 2.73. The minimum atomic E-state index is 0.496. The molecule has 1 N–H and O–H groups in total. The van der Waals surface area contributed by atoms with Gasteiger partial charge < -0.3 is 5.32 Å². The number of rotatable bonds is 5. The molecule has 0 spiro atoms. The van der Waals surface area contributed by atoms with E-state index < -0.39 is 0 Å². The quantitative estimate of drug-likeness (QED) is 0.809. The fourth-order valence-electron chi connectivity index (χ4n) is 1.99. The lowest BCUT2D eigenvalue weighted by Crippen LogP contribution is -2.19. The molecule has 0 heterocycles. The third-order valence-corrected chi connectivity index (χ3v) is 3.99. The van der Waals surface area contributed by atoms with Crippen molar-refractivity contribution in [1.29, 1.82) is 0 Å². The Balaban J connectivity index is 1.86. The Labute approximate surface area is 128 Å². The normalized spacial score (nSPS) is 12.4. The minimum Gasteiger partial charge on any atom is -0.312 e. The van der Waals surface area contributed by atoms with Crippen LogP contribution in [0.2, 0.25) is 5.02 Å². The van der Waals surface area contributed by atoms with Crippen molar-refractivity contribution in [2.75, 3.05) is 6.54 Å². The molecule has 1 nitrogen and oxygen atoms in total. The zero-order valence-corrected chi connectivity index (χ0v) is 13.2. The Morgan fingerprint density at radius 3 is 2.58 bits per heavy atom. The van der Waals surface area contributed by atoms with E-state index in [1.807, 2.05) is 24.3 Å². The zero-order chi connectivity index (χ0) is 13.7. The van der Waals surface area contributed by atoms with Gasteiger partial charge in [-0.2, -0.15) is 0 Å². The summed E-state index contributed by atoms with van der Waals surface area (Å²) in [5, 5.41) is 4.26. The van der Waals surface area contributed by atoms with Gasteiger partial charge in [-0.1, -0.05) is 70.9 Å². The molecule has 0 aliphatic rings. The summed E-state index contributed by atoms with van der Waals surface area (Å²) in [4.78, 5) is 0. The summed E-state index contributed by atoms with van der Waals surface area (Å²) in [6.07, 6.45) is 0. The number of benzene rings is 2. The van der Waals surface area contributed by atoms with Crippen LogP contribution in [0.3, 0.4) is 0 Å². The van der Waals surface area contributed by atoms with E-state index in [2.05, 4.69) is 52.4 Å². The second-order valence-corrected chi connectivity index (χ2v) is 6.00. The first kappa shape index (κ1) is 14.6. The monoisotopic (exact) mass is 337 g/mol. The Kier molecular flexibility index (Phi) is 5.44. The van der Waals surface area contributed by atoms with Gasteiger partial charge in [-0.15, -0.1) is 0 Å². The summed E-state index contributed by atoms with van der Waals surface area (Å²) in [5.41, 5.74) is 2.49. The number of hydrogen-bond donors (Lipinski definition) is 1. The molecule has 2 aromatic carbocycles. The molecule has 0 saturated carbocycles. The molecule has 0 aromatic heterocycles. The SMILES string of the molecule is CC(CNCc1ccc(Br)cc1Cl)c1ccccc1. The Morgan fingerprint density at radius 1 is 1.16 bits per heavy atom. The summed E-state index contributed by atoms with van der Waals surface area (Å²) in [7, 11) is 0. The molecule has 0 aliphatic carbocycles. The molecule has 0 amide bonds. The van der Waals surface area contributed by atoms with E-state index in [9.17, 15) is 0 Å². The van der Waals surface area contributed by atoms with Crippen molar-refractivity contribution in [2.45, 2.75) is 19.4 Å². The maximum absolute atomic E-state index is 6.19. The average Bonchev–Trinajstić information content (AvgIpc) is 2.42. The lowest BCUT2D eigenvalue weighted by Gasteiger charge is -2.13. The van der Waals surface area contributed by atoms with E-state index in [4.69, 9.17) is 11.6 Å². The molecule has 0 bridgehead atoms. The van der Waals surface area contributed by atoms with Gasteiger partial charge in [-0.05, 0) is 29.2 Å². The van der Waals surface area contributed by atoms with Crippen LogP contribution in [0.5, 0.6) is 0 Å². The molecule has 2 rings (SSSR count). The highest BCUT2D eigenvalue weighted by molar-refractivity contribution is 9.10. The highest BCUT2D eigenvalue weighted by Crippen LogP contribution is 2.21. The van der Waals surface area contributed by atoms with Gasteiger partial charge in [0.25, 0.3) is 0 Å². The van der Waals surface area contributed by atoms with E-state index in [-0.39, 0.29) is 0 Å². The molecule has 2 aromatic rings. The van der Waals surface area contributed by atoms with E-state index in [1.54, 1.807) is 0 Å². The van der Waals surface area contributed by atoms with Crippen LogP contribution in [0.1, 0.15) is 24.0 Å². The molecule has 100 valence electrons. The lowest BCUT2D eigenvalue weighted by molar-refractivity contribution is 0.615. The molecule has 0 saturated heterocycles. The van der Waals surface area contributed by atoms with E-state index in [0.717, 1.165) is 28.1 Å². The summed E-state index contributed by atoms with van der Waals surface area (Å²) in [6.45, 7) is 3.96. The predicted octanol–water partition coefficient (Wildman–Crippen LogP) is 5.00. The van der Waals surface area contributed by atoms with Crippen LogP contribution in [0.15, 0.2) is 53.0 Å². The maximum Gasteiger partial charge on any atom is 0.0462 e. The molecular weight excluding hydrogens is 322 g/mol. The number of halogens is 2. The van der Waals surface area contributed by atoms with Gasteiger partial charge in [0.05, 0.1) is 0 Å². The standard InChI is InChI=1S/C16H17BrClN/c1-12(13-5-3-2-4-6-13)10-19-11-14-7-8-15(17)9-16(14)18/h2-9,12,19H,10-11H2,1H3. The molecule has 0 radical (unpaired) electrons. The predicted molar refractivity (Wildman–Crippen MR) is 85.7 cm³/mol. The molecule has 1 atom stereocenters. The van der Waals surface area contributed by atoms with Gasteiger partial charge in [-0.25, -0.2) is 0 Å². The van der Waals surface area contributed by atoms with E-state index in [0.29, 0.717) is 5.92 Å². The second kappa shape index (κ2) is 7.09. The van der Waals surface area contributed by atoms with Crippen LogP contribution in [-0.2, 0) is 6.54 Å². The highest BCUT2D eigenvalue weighted by atomic mass is 79.9. The van der Waals surface area contributed by atoms with Gasteiger partial charge in [0.2, 0.25) is 0 Å². The second-order valence-electron chi connectivity index (χ2n) is 4.68. The van der Waals surface area contributed by atoms with Crippen molar-refractivity contribution in [1.82, 2.24) is 5.32 Å². The third kappa shape index (κ3) is 4.34. The minimum absolute atomic E-state index is 0.496. The van der Waals surface area contributed by atoms with Crippen LogP contribution < -0.4 is 5.32 Å². The highest BCUT2D eigenvalue weighted by Gasteiger charge is 2.05. The molecule has 0 aliphatic heterocycles. The van der Waals surface area contributed by atoms with Gasteiger partial charge in [-0.3, -0.25) is 0 Å². The average molecular weight is 339 g/mol. The Bertz CT molecular complexity index is 528. The molecule has 1 unspecified atom stereocenters. The van der Waals surface area contributed by atoms with E-state index >= 15 is 0 Å². The molecule has 0 fully saturated rings. The van der Waals surface area contributed by atoms with Crippen molar-refractivity contribution in [2.24, 2.45) is 0 Å². The van der Waals surface area contributed by atoms with Gasteiger partial charge >= 0.3 is 0 Å². The first-order valence-electron chi connectivity index (χ1n) is 6.36. The summed E-state index contributed by atoms with van der Waals surface area (Å²) in [5.74, 6) is 0.496. The Hall–Kier alpha value is -0.830. The van der Waals surface area contributed by atoms with Crippen molar-refractivity contribution in [3.63, 3.8) is 0 Å². The first-order valence-corrected chi connectivity index (χ1v) is 7.53. The maximum atomic E-state index is 6.19. The van der Waals surface area contributed by atoms with Crippen LogP contribution in [0.4, 0.5) is 0 Å². The Morgan fingerprint density at radius 2 is 1.89 bits per heavy atom. The van der Waals surface area contributed by atoms with Crippen molar-refractivity contribution < 1.29 is 0 Å². The number of nitrogens with one attached hydrogen (secondary N) is 1. The van der Waals surface area contributed by atoms with E-state index in [1.165, 1.54) is 5.56 Å². The van der Waals surface area contributed by atoms with Crippen LogP contribution >= 0.6 is 27.5 Å². The molecular formula is C16H17BrClN. The van der Waals surface area contributed by atoms with Crippen LogP contribution in [-0.4, -0.2) is 6.54 Å². The topological polar surface area (TPSA) is 12.0 Å². The summed E-state index contributed by atoms with van der Waals surface area (Å²) in [6, 6.07) is 16.5. The van der Waals surface area contributed by atoms with Gasteiger partial charge in [0.15, 0.2) is 0 Å². The molecule has 19 heavy (non-hydrogen) atoms.